The van der Waals surface area contributed by atoms with Crippen LogP contribution in [0.3, 0.4) is 0 Å². The van der Waals surface area contributed by atoms with Crippen LogP contribution in [-0.2, 0) is 0 Å². The monoisotopic (exact) mass is 295 g/mol. The molecule has 0 unspecified atom stereocenters. The van der Waals surface area contributed by atoms with Crippen molar-refractivity contribution in [1.29, 1.82) is 0 Å². The largest absolute Gasteiger partial charge is 0.486 e. The Morgan fingerprint density at radius 2 is 1.88 bits per heavy atom. The van der Waals surface area contributed by atoms with Gasteiger partial charge in [-0.25, -0.2) is 0 Å². The second-order valence-corrected chi connectivity index (χ2v) is 4.85. The molecular formula is C12H10BrNOS. The first kappa shape index (κ1) is 11.4. The summed E-state index contributed by atoms with van der Waals surface area (Å²) in [5, 5.41) is 2.29. The second kappa shape index (κ2) is 4.80. The molecule has 0 amide bonds. The molecule has 0 aliphatic carbocycles. The van der Waals surface area contributed by atoms with Crippen LogP contribution in [0, 0.1) is 0 Å². The van der Waals surface area contributed by atoms with Crippen LogP contribution in [-0.4, -0.2) is 11.6 Å². The molecule has 16 heavy (non-hydrogen) atoms. The van der Waals surface area contributed by atoms with Gasteiger partial charge in [-0.2, -0.15) is 0 Å². The molecule has 0 spiro atoms. The van der Waals surface area contributed by atoms with E-state index in [-0.39, 0.29) is 6.61 Å². The summed E-state index contributed by atoms with van der Waals surface area (Å²) in [5.74, 6) is 0.780. The molecule has 2 rings (SSSR count). The smallest absolute Gasteiger partial charge is 0.138 e. The first-order valence-electron chi connectivity index (χ1n) is 4.75. The molecule has 82 valence electrons. The van der Waals surface area contributed by atoms with Gasteiger partial charge in [0.25, 0.3) is 0 Å². The minimum Gasteiger partial charge on any atom is -0.486 e. The number of ether oxygens (including phenoxy) is 1. The molecule has 0 bridgehead atoms. The quantitative estimate of drug-likeness (QED) is 0.883. The number of rotatable bonds is 3. The molecule has 0 aliphatic rings. The third-order valence-electron chi connectivity index (χ3n) is 2.15. The van der Waals surface area contributed by atoms with Crippen LogP contribution in [0.4, 0.5) is 0 Å². The minimum absolute atomic E-state index is 0.275. The maximum absolute atomic E-state index is 5.43. The highest BCUT2D eigenvalue weighted by Crippen LogP contribution is 2.23. The SMILES string of the molecule is NC(=S)COc1ccc2cc(Br)ccc2c1. The lowest BCUT2D eigenvalue weighted by Gasteiger charge is -2.06. The van der Waals surface area contributed by atoms with Crippen molar-refractivity contribution >= 4 is 43.9 Å². The van der Waals surface area contributed by atoms with Crippen molar-refractivity contribution in [3.63, 3.8) is 0 Å². The lowest BCUT2D eigenvalue weighted by molar-refractivity contribution is 0.378. The van der Waals surface area contributed by atoms with Crippen LogP contribution in [0.25, 0.3) is 10.8 Å². The Hall–Kier alpha value is -1.13. The maximum Gasteiger partial charge on any atom is 0.138 e. The van der Waals surface area contributed by atoms with Gasteiger partial charge in [-0.1, -0.05) is 40.3 Å². The number of benzene rings is 2. The van der Waals surface area contributed by atoms with Gasteiger partial charge in [-0.05, 0) is 35.0 Å². The third kappa shape index (κ3) is 2.71. The van der Waals surface area contributed by atoms with Crippen LogP contribution < -0.4 is 10.5 Å². The van der Waals surface area contributed by atoms with E-state index in [0.29, 0.717) is 4.99 Å². The summed E-state index contributed by atoms with van der Waals surface area (Å²) in [5.41, 5.74) is 5.37. The molecule has 0 atom stereocenters. The van der Waals surface area contributed by atoms with Crippen molar-refractivity contribution in [3.05, 3.63) is 40.9 Å². The predicted molar refractivity (Wildman–Crippen MR) is 73.9 cm³/mol. The van der Waals surface area contributed by atoms with Crippen LogP contribution in [0.5, 0.6) is 5.75 Å². The number of nitrogens with two attached hydrogens (primary N) is 1. The van der Waals surface area contributed by atoms with E-state index < -0.39 is 0 Å². The average Bonchev–Trinajstić information content (AvgIpc) is 2.26. The zero-order valence-electron chi connectivity index (χ0n) is 8.44. The predicted octanol–water partition coefficient (Wildman–Crippen LogP) is 3.27. The Labute approximate surface area is 108 Å². The zero-order chi connectivity index (χ0) is 11.5. The van der Waals surface area contributed by atoms with E-state index in [1.165, 1.54) is 0 Å². The second-order valence-electron chi connectivity index (χ2n) is 3.41. The molecule has 0 fully saturated rings. The standard InChI is InChI=1S/C12H10BrNOS/c13-10-3-1-9-6-11(15-7-12(14)16)4-2-8(9)5-10/h1-6H,7H2,(H2,14,16). The Balaban J connectivity index is 2.30. The van der Waals surface area contributed by atoms with Crippen molar-refractivity contribution in [1.82, 2.24) is 0 Å². The molecule has 0 aliphatic heterocycles. The first-order chi connectivity index (χ1) is 7.65. The number of hydrogen-bond acceptors (Lipinski definition) is 2. The fourth-order valence-electron chi connectivity index (χ4n) is 1.44. The normalized spacial score (nSPS) is 10.3. The van der Waals surface area contributed by atoms with Crippen molar-refractivity contribution in [3.8, 4) is 5.75 Å². The molecule has 2 aromatic rings. The molecule has 0 aromatic heterocycles. The summed E-state index contributed by atoms with van der Waals surface area (Å²) in [4.78, 5) is 0.357. The summed E-state index contributed by atoms with van der Waals surface area (Å²) in [6.45, 7) is 0.275. The highest BCUT2D eigenvalue weighted by molar-refractivity contribution is 9.10. The lowest BCUT2D eigenvalue weighted by Crippen LogP contribution is -2.17. The maximum atomic E-state index is 5.43. The third-order valence-corrected chi connectivity index (χ3v) is 2.77. The molecular weight excluding hydrogens is 286 g/mol. The fraction of sp³-hybridized carbons (Fsp3) is 0.0833. The van der Waals surface area contributed by atoms with E-state index in [9.17, 15) is 0 Å². The molecule has 2 aromatic carbocycles. The molecule has 2 nitrogen and oxygen atoms in total. The molecule has 0 saturated carbocycles. The highest BCUT2D eigenvalue weighted by Gasteiger charge is 1.99. The number of fused-ring (bicyclic) bond motifs is 1. The highest BCUT2D eigenvalue weighted by atomic mass is 79.9. The van der Waals surface area contributed by atoms with Crippen LogP contribution in [0.1, 0.15) is 0 Å². The Morgan fingerprint density at radius 3 is 2.62 bits per heavy atom. The van der Waals surface area contributed by atoms with Crippen molar-refractivity contribution < 1.29 is 4.74 Å². The van der Waals surface area contributed by atoms with Gasteiger partial charge < -0.3 is 10.5 Å². The van der Waals surface area contributed by atoms with E-state index in [4.69, 9.17) is 22.7 Å². The first-order valence-corrected chi connectivity index (χ1v) is 5.96. The van der Waals surface area contributed by atoms with Gasteiger partial charge in [0, 0.05) is 4.47 Å². The topological polar surface area (TPSA) is 35.2 Å². The van der Waals surface area contributed by atoms with E-state index in [1.807, 2.05) is 30.3 Å². The molecule has 0 heterocycles. The van der Waals surface area contributed by atoms with Gasteiger partial charge >= 0.3 is 0 Å². The average molecular weight is 296 g/mol. The van der Waals surface area contributed by atoms with Crippen molar-refractivity contribution in [2.45, 2.75) is 0 Å². The Bertz CT molecular complexity index is 542. The molecule has 0 saturated heterocycles. The van der Waals surface area contributed by atoms with E-state index in [1.54, 1.807) is 0 Å². The van der Waals surface area contributed by atoms with Crippen molar-refractivity contribution in [2.75, 3.05) is 6.61 Å². The van der Waals surface area contributed by atoms with Gasteiger partial charge in [0.1, 0.15) is 17.3 Å². The molecule has 2 N–H and O–H groups in total. The van der Waals surface area contributed by atoms with Crippen molar-refractivity contribution in [2.24, 2.45) is 5.73 Å². The van der Waals surface area contributed by atoms with Crippen LogP contribution >= 0.6 is 28.1 Å². The summed E-state index contributed by atoms with van der Waals surface area (Å²) >= 11 is 8.19. The number of hydrogen-bond donors (Lipinski definition) is 1. The van der Waals surface area contributed by atoms with Gasteiger partial charge in [-0.15, -0.1) is 0 Å². The van der Waals surface area contributed by atoms with Gasteiger partial charge in [0.15, 0.2) is 0 Å². The van der Waals surface area contributed by atoms with Crippen LogP contribution in [0.2, 0.25) is 0 Å². The molecule has 4 heteroatoms. The summed E-state index contributed by atoms with van der Waals surface area (Å²) in [6.07, 6.45) is 0. The van der Waals surface area contributed by atoms with Gasteiger partial charge in [-0.3, -0.25) is 0 Å². The lowest BCUT2D eigenvalue weighted by atomic mass is 10.1. The Morgan fingerprint density at radius 1 is 1.19 bits per heavy atom. The summed E-state index contributed by atoms with van der Waals surface area (Å²) in [6, 6.07) is 12.0. The van der Waals surface area contributed by atoms with E-state index in [2.05, 4.69) is 22.0 Å². The minimum atomic E-state index is 0.275. The van der Waals surface area contributed by atoms with Gasteiger partial charge in [0.05, 0.1) is 0 Å². The number of thiocarbonyl (C=S) groups is 1. The zero-order valence-corrected chi connectivity index (χ0v) is 10.8. The fourth-order valence-corrected chi connectivity index (χ4v) is 1.88. The van der Waals surface area contributed by atoms with E-state index in [0.717, 1.165) is 21.0 Å². The van der Waals surface area contributed by atoms with E-state index >= 15 is 0 Å². The number of halogens is 1. The Kier molecular flexibility index (Phi) is 3.41. The van der Waals surface area contributed by atoms with Gasteiger partial charge in [0.2, 0.25) is 0 Å². The molecule has 0 radical (unpaired) electrons. The summed E-state index contributed by atoms with van der Waals surface area (Å²) < 4.78 is 6.49. The van der Waals surface area contributed by atoms with Crippen LogP contribution in [0.15, 0.2) is 40.9 Å². The summed E-state index contributed by atoms with van der Waals surface area (Å²) in [7, 11) is 0.